The highest BCUT2D eigenvalue weighted by Gasteiger charge is 2.16. The minimum absolute atomic E-state index is 0.0422. The number of carbonyl (C=O) groups excluding carboxylic acids is 2. The van der Waals surface area contributed by atoms with Crippen molar-refractivity contribution >= 4 is 56.6 Å². The number of hydrogen-bond acceptors (Lipinski definition) is 5. The second-order valence-electron chi connectivity index (χ2n) is 5.72. The zero-order chi connectivity index (χ0) is 21.6. The van der Waals surface area contributed by atoms with E-state index in [0.717, 1.165) is 6.07 Å². The SMILES string of the molecule is NS(=O)(=O)c1cc(C(=O)NNC(=O)CCCOc2ccc(Cl)cc2Cl)ccc1Cl. The van der Waals surface area contributed by atoms with Gasteiger partial charge >= 0.3 is 0 Å². The molecule has 0 heterocycles. The molecule has 2 aromatic rings. The van der Waals surface area contributed by atoms with Gasteiger partial charge in [0.1, 0.15) is 10.6 Å². The molecule has 8 nitrogen and oxygen atoms in total. The van der Waals surface area contributed by atoms with Crippen LogP contribution in [0.25, 0.3) is 0 Å². The quantitative estimate of drug-likeness (QED) is 0.415. The van der Waals surface area contributed by atoms with Crippen LogP contribution in [0, 0.1) is 0 Å². The number of nitrogens with one attached hydrogen (secondary N) is 2. The lowest BCUT2D eigenvalue weighted by Gasteiger charge is -2.10. The smallest absolute Gasteiger partial charge is 0.269 e. The van der Waals surface area contributed by atoms with Gasteiger partial charge in [0, 0.05) is 17.0 Å². The molecule has 4 N–H and O–H groups in total. The zero-order valence-electron chi connectivity index (χ0n) is 14.7. The minimum atomic E-state index is -4.09. The highest BCUT2D eigenvalue weighted by molar-refractivity contribution is 7.89. The third kappa shape index (κ3) is 7.06. The lowest BCUT2D eigenvalue weighted by Crippen LogP contribution is -2.41. The van der Waals surface area contributed by atoms with Gasteiger partial charge in [-0.25, -0.2) is 13.6 Å². The van der Waals surface area contributed by atoms with E-state index in [1.807, 2.05) is 0 Å². The second kappa shape index (κ2) is 10.1. The maximum atomic E-state index is 12.1. The maximum Gasteiger partial charge on any atom is 0.269 e. The van der Waals surface area contributed by atoms with Crippen LogP contribution in [0.2, 0.25) is 15.1 Å². The first-order valence-corrected chi connectivity index (χ1v) is 10.8. The summed E-state index contributed by atoms with van der Waals surface area (Å²) in [6, 6.07) is 8.32. The molecule has 0 aliphatic heterocycles. The Morgan fingerprint density at radius 2 is 1.72 bits per heavy atom. The summed E-state index contributed by atoms with van der Waals surface area (Å²) in [5.74, 6) is -0.757. The van der Waals surface area contributed by atoms with Gasteiger partial charge < -0.3 is 4.74 Å². The molecule has 2 rings (SSSR count). The Bertz CT molecular complexity index is 1030. The maximum absolute atomic E-state index is 12.1. The summed E-state index contributed by atoms with van der Waals surface area (Å²) in [4.78, 5) is 23.5. The number of sulfonamides is 1. The molecule has 0 aromatic heterocycles. The summed E-state index contributed by atoms with van der Waals surface area (Å²) >= 11 is 17.5. The van der Waals surface area contributed by atoms with Crippen molar-refractivity contribution in [1.29, 1.82) is 0 Å². The van der Waals surface area contributed by atoms with Crippen LogP contribution in [-0.4, -0.2) is 26.8 Å². The van der Waals surface area contributed by atoms with Gasteiger partial charge in [0.05, 0.1) is 16.7 Å². The van der Waals surface area contributed by atoms with E-state index in [1.54, 1.807) is 18.2 Å². The van der Waals surface area contributed by atoms with E-state index < -0.39 is 26.7 Å². The van der Waals surface area contributed by atoms with E-state index in [9.17, 15) is 18.0 Å². The lowest BCUT2D eigenvalue weighted by molar-refractivity contribution is -0.122. The highest BCUT2D eigenvalue weighted by atomic mass is 35.5. The molecule has 2 aromatic carbocycles. The fourth-order valence-electron chi connectivity index (χ4n) is 2.13. The minimum Gasteiger partial charge on any atom is -0.492 e. The number of ether oxygens (including phenoxy) is 1. The number of halogens is 3. The molecule has 12 heteroatoms. The summed E-state index contributed by atoms with van der Waals surface area (Å²) < 4.78 is 28.3. The van der Waals surface area contributed by atoms with Gasteiger partial charge in [0.15, 0.2) is 0 Å². The molecule has 0 bridgehead atoms. The van der Waals surface area contributed by atoms with Crippen LogP contribution in [0.4, 0.5) is 0 Å². The van der Waals surface area contributed by atoms with Gasteiger partial charge in [-0.15, -0.1) is 0 Å². The first-order chi connectivity index (χ1) is 13.6. The molecule has 0 aliphatic rings. The predicted molar refractivity (Wildman–Crippen MR) is 110 cm³/mol. The van der Waals surface area contributed by atoms with Crippen molar-refractivity contribution in [3.8, 4) is 5.75 Å². The first-order valence-electron chi connectivity index (χ1n) is 8.07. The summed E-state index contributed by atoms with van der Waals surface area (Å²) in [6.07, 6.45) is 0.422. The number of nitrogens with two attached hydrogens (primary N) is 1. The number of hydrazine groups is 1. The summed E-state index contributed by atoms with van der Waals surface area (Å²) in [5, 5.41) is 5.76. The Balaban J connectivity index is 1.79. The first kappa shape index (κ1) is 23.2. The van der Waals surface area contributed by atoms with Crippen LogP contribution in [0.3, 0.4) is 0 Å². The van der Waals surface area contributed by atoms with Crippen molar-refractivity contribution in [3.63, 3.8) is 0 Å². The van der Waals surface area contributed by atoms with Crippen LogP contribution in [0.1, 0.15) is 23.2 Å². The van der Waals surface area contributed by atoms with Crippen LogP contribution < -0.4 is 20.7 Å². The molecule has 0 spiro atoms. The van der Waals surface area contributed by atoms with Gasteiger partial charge in [0.25, 0.3) is 5.91 Å². The molecule has 156 valence electrons. The average Bonchev–Trinajstić information content (AvgIpc) is 2.64. The molecular weight excluding hydrogens is 465 g/mol. The lowest BCUT2D eigenvalue weighted by atomic mass is 10.2. The highest BCUT2D eigenvalue weighted by Crippen LogP contribution is 2.27. The van der Waals surface area contributed by atoms with Crippen molar-refractivity contribution in [2.24, 2.45) is 5.14 Å². The van der Waals surface area contributed by atoms with Crippen molar-refractivity contribution in [1.82, 2.24) is 10.9 Å². The monoisotopic (exact) mass is 479 g/mol. The fraction of sp³-hybridized carbons (Fsp3) is 0.176. The Morgan fingerprint density at radius 3 is 2.38 bits per heavy atom. The normalized spacial score (nSPS) is 11.0. The van der Waals surface area contributed by atoms with Crippen molar-refractivity contribution in [2.45, 2.75) is 17.7 Å². The number of amides is 2. The predicted octanol–water partition coefficient (Wildman–Crippen LogP) is 2.91. The number of hydrogen-bond donors (Lipinski definition) is 3. The Morgan fingerprint density at radius 1 is 1.00 bits per heavy atom. The van der Waals surface area contributed by atoms with E-state index in [4.69, 9.17) is 44.7 Å². The third-order valence-corrected chi connectivity index (χ3v) is 5.44. The Labute approximate surface area is 182 Å². The van der Waals surface area contributed by atoms with Gasteiger partial charge in [-0.05, 0) is 42.8 Å². The zero-order valence-corrected chi connectivity index (χ0v) is 17.8. The van der Waals surface area contributed by atoms with Gasteiger partial charge in [-0.1, -0.05) is 34.8 Å². The molecule has 2 amide bonds. The molecule has 0 radical (unpaired) electrons. The van der Waals surface area contributed by atoms with E-state index in [-0.39, 0.29) is 23.6 Å². The number of benzene rings is 2. The molecule has 0 saturated heterocycles. The van der Waals surface area contributed by atoms with Gasteiger partial charge in [0.2, 0.25) is 15.9 Å². The van der Waals surface area contributed by atoms with Crippen molar-refractivity contribution < 1.29 is 22.7 Å². The topological polar surface area (TPSA) is 128 Å². The summed E-state index contributed by atoms with van der Waals surface area (Å²) in [7, 11) is -4.09. The second-order valence-corrected chi connectivity index (χ2v) is 8.50. The molecule has 0 fully saturated rings. The van der Waals surface area contributed by atoms with E-state index in [1.165, 1.54) is 12.1 Å². The van der Waals surface area contributed by atoms with Gasteiger partial charge in [-0.2, -0.15) is 0 Å². The molecule has 0 saturated carbocycles. The average molecular weight is 481 g/mol. The number of rotatable bonds is 7. The number of carbonyl (C=O) groups is 2. The molecule has 0 atom stereocenters. The van der Waals surface area contributed by atoms with Crippen molar-refractivity contribution in [3.05, 3.63) is 57.0 Å². The van der Waals surface area contributed by atoms with Gasteiger partial charge in [-0.3, -0.25) is 20.4 Å². The van der Waals surface area contributed by atoms with Crippen LogP contribution in [0.15, 0.2) is 41.3 Å². The summed E-state index contributed by atoms with van der Waals surface area (Å²) in [6.45, 7) is 0.220. The largest absolute Gasteiger partial charge is 0.492 e. The molecule has 0 aliphatic carbocycles. The summed E-state index contributed by atoms with van der Waals surface area (Å²) in [5.41, 5.74) is 4.35. The third-order valence-electron chi connectivity index (χ3n) is 3.52. The molecule has 0 unspecified atom stereocenters. The van der Waals surface area contributed by atoms with E-state index in [2.05, 4.69) is 10.9 Å². The number of primary sulfonamides is 1. The van der Waals surface area contributed by atoms with E-state index in [0.29, 0.717) is 22.2 Å². The molecular formula is C17H16Cl3N3O5S. The van der Waals surface area contributed by atoms with E-state index >= 15 is 0 Å². The van der Waals surface area contributed by atoms with Crippen molar-refractivity contribution in [2.75, 3.05) is 6.61 Å². The van der Waals surface area contributed by atoms with Crippen LogP contribution in [-0.2, 0) is 14.8 Å². The standard InChI is InChI=1S/C17H16Cl3N3O5S/c18-11-4-6-14(13(20)9-11)28-7-1-2-16(24)22-23-17(25)10-3-5-12(19)15(8-10)29(21,26)27/h3-6,8-9H,1-2,7H2,(H,22,24)(H,23,25)(H2,21,26,27). The fourth-order valence-corrected chi connectivity index (χ4v) is 3.67. The Kier molecular flexibility index (Phi) is 8.12. The van der Waals surface area contributed by atoms with Crippen LogP contribution >= 0.6 is 34.8 Å². The van der Waals surface area contributed by atoms with Crippen LogP contribution in [0.5, 0.6) is 5.75 Å². The Hall–Kier alpha value is -2.04. The molecule has 29 heavy (non-hydrogen) atoms.